The molecule has 0 saturated carbocycles. The summed E-state index contributed by atoms with van der Waals surface area (Å²) in [5.41, 5.74) is 2.15. The van der Waals surface area contributed by atoms with Crippen LogP contribution in [0.15, 0.2) is 18.2 Å². The number of nitrogens with zero attached hydrogens (tertiary/aromatic N) is 1. The van der Waals surface area contributed by atoms with Gasteiger partial charge in [-0.1, -0.05) is 6.07 Å². The molecule has 0 radical (unpaired) electrons. The number of hydrogen-bond acceptors (Lipinski definition) is 3. The average Bonchev–Trinajstić information content (AvgIpc) is 2.91. The van der Waals surface area contributed by atoms with Gasteiger partial charge in [0.05, 0.1) is 12.1 Å². The first kappa shape index (κ1) is 14.9. The average molecular weight is 277 g/mol. The molecule has 1 N–H and O–H groups in total. The van der Waals surface area contributed by atoms with E-state index < -0.39 is 5.54 Å². The molecule has 0 unspecified atom stereocenters. The van der Waals surface area contributed by atoms with Crippen molar-refractivity contribution in [2.45, 2.75) is 38.6 Å². The van der Waals surface area contributed by atoms with Crippen LogP contribution in [0.25, 0.3) is 0 Å². The van der Waals surface area contributed by atoms with Gasteiger partial charge in [-0.3, -0.25) is 4.79 Å². The van der Waals surface area contributed by atoms with Crippen LogP contribution in [0.5, 0.6) is 5.75 Å². The first-order valence-electron chi connectivity index (χ1n) is 7.06. The fraction of sp³-hybridized carbons (Fsp3) is 0.562. The summed E-state index contributed by atoms with van der Waals surface area (Å²) in [5.74, 6) is 0.610. The standard InChI is InChI=1S/C16H23NO3/c1-16(2,11-18)17(3)15(19)10-20-14-8-7-12-5-4-6-13(12)9-14/h7-9,18H,4-6,10-11H2,1-3H3. The third kappa shape index (κ3) is 3.12. The van der Waals surface area contributed by atoms with Gasteiger partial charge in [-0.2, -0.15) is 0 Å². The van der Waals surface area contributed by atoms with E-state index in [4.69, 9.17) is 4.74 Å². The normalized spacial score (nSPS) is 14.0. The Kier molecular flexibility index (Phi) is 4.33. The maximum absolute atomic E-state index is 12.0. The van der Waals surface area contributed by atoms with Crippen LogP contribution in [0.4, 0.5) is 0 Å². The van der Waals surface area contributed by atoms with Gasteiger partial charge in [0.1, 0.15) is 5.75 Å². The quantitative estimate of drug-likeness (QED) is 0.892. The lowest BCUT2D eigenvalue weighted by atomic mass is 10.1. The Labute approximate surface area is 120 Å². The minimum absolute atomic E-state index is 0.00127. The minimum atomic E-state index is -0.571. The second-order valence-corrected chi connectivity index (χ2v) is 6.00. The van der Waals surface area contributed by atoms with Gasteiger partial charge in [0.15, 0.2) is 6.61 Å². The van der Waals surface area contributed by atoms with Crippen molar-refractivity contribution in [3.63, 3.8) is 0 Å². The van der Waals surface area contributed by atoms with Gasteiger partial charge in [-0.15, -0.1) is 0 Å². The van der Waals surface area contributed by atoms with Gasteiger partial charge in [0.2, 0.25) is 0 Å². The molecule has 0 spiro atoms. The number of aliphatic hydroxyl groups is 1. The molecule has 20 heavy (non-hydrogen) atoms. The Balaban J connectivity index is 1.94. The van der Waals surface area contributed by atoms with Crippen LogP contribution in [0, 0.1) is 0 Å². The van der Waals surface area contributed by atoms with Crippen molar-refractivity contribution in [1.82, 2.24) is 4.90 Å². The number of carbonyl (C=O) groups is 1. The first-order valence-corrected chi connectivity index (χ1v) is 7.06. The molecule has 1 aromatic carbocycles. The van der Waals surface area contributed by atoms with E-state index in [-0.39, 0.29) is 19.1 Å². The molecule has 0 fully saturated rings. The Morgan fingerprint density at radius 2 is 2.05 bits per heavy atom. The lowest BCUT2D eigenvalue weighted by molar-refractivity contribution is -0.138. The van der Waals surface area contributed by atoms with E-state index in [1.807, 2.05) is 26.0 Å². The van der Waals surface area contributed by atoms with Crippen molar-refractivity contribution in [3.8, 4) is 5.75 Å². The molecule has 1 aliphatic rings. The zero-order valence-electron chi connectivity index (χ0n) is 12.5. The Morgan fingerprint density at radius 1 is 1.35 bits per heavy atom. The van der Waals surface area contributed by atoms with Gasteiger partial charge >= 0.3 is 0 Å². The summed E-state index contributed by atoms with van der Waals surface area (Å²) in [4.78, 5) is 13.6. The molecule has 0 atom stereocenters. The van der Waals surface area contributed by atoms with Gasteiger partial charge in [0.25, 0.3) is 5.91 Å². The van der Waals surface area contributed by atoms with Gasteiger partial charge in [-0.25, -0.2) is 0 Å². The largest absolute Gasteiger partial charge is 0.484 e. The summed E-state index contributed by atoms with van der Waals surface area (Å²) in [5, 5.41) is 9.27. The smallest absolute Gasteiger partial charge is 0.260 e. The Morgan fingerprint density at radius 3 is 2.75 bits per heavy atom. The number of fused-ring (bicyclic) bond motifs is 1. The molecule has 0 heterocycles. The Hall–Kier alpha value is -1.55. The molecule has 4 heteroatoms. The number of benzene rings is 1. The monoisotopic (exact) mass is 277 g/mol. The molecule has 0 saturated heterocycles. The van der Waals surface area contributed by atoms with Crippen LogP contribution < -0.4 is 4.74 Å². The van der Waals surface area contributed by atoms with Crippen molar-refractivity contribution in [1.29, 1.82) is 0 Å². The van der Waals surface area contributed by atoms with E-state index in [0.717, 1.165) is 18.6 Å². The van der Waals surface area contributed by atoms with Crippen LogP contribution >= 0.6 is 0 Å². The van der Waals surface area contributed by atoms with Crippen molar-refractivity contribution in [2.24, 2.45) is 0 Å². The van der Waals surface area contributed by atoms with E-state index in [1.165, 1.54) is 22.4 Å². The minimum Gasteiger partial charge on any atom is -0.484 e. The van der Waals surface area contributed by atoms with E-state index in [2.05, 4.69) is 6.07 Å². The summed E-state index contributed by atoms with van der Waals surface area (Å²) in [6.45, 7) is 3.56. The molecule has 0 bridgehead atoms. The predicted molar refractivity (Wildman–Crippen MR) is 77.9 cm³/mol. The van der Waals surface area contributed by atoms with Crippen LogP contribution in [-0.2, 0) is 17.6 Å². The lowest BCUT2D eigenvalue weighted by Crippen LogP contribution is -2.49. The fourth-order valence-electron chi connectivity index (χ4n) is 2.32. The maximum Gasteiger partial charge on any atom is 0.260 e. The highest BCUT2D eigenvalue weighted by molar-refractivity contribution is 5.78. The predicted octanol–water partition coefficient (Wildman–Crippen LogP) is 1.78. The molecular formula is C16H23NO3. The van der Waals surface area contributed by atoms with Crippen molar-refractivity contribution < 1.29 is 14.6 Å². The van der Waals surface area contributed by atoms with Crippen LogP contribution in [-0.4, -0.2) is 41.7 Å². The van der Waals surface area contributed by atoms with Crippen molar-refractivity contribution in [3.05, 3.63) is 29.3 Å². The molecule has 110 valence electrons. The third-order valence-corrected chi connectivity index (χ3v) is 4.10. The number of amides is 1. The maximum atomic E-state index is 12.0. The topological polar surface area (TPSA) is 49.8 Å². The van der Waals surface area contributed by atoms with E-state index in [9.17, 15) is 9.90 Å². The number of hydrogen-bond donors (Lipinski definition) is 1. The molecule has 1 amide bonds. The summed E-state index contributed by atoms with van der Waals surface area (Å²) in [6.07, 6.45) is 3.44. The van der Waals surface area contributed by atoms with Gasteiger partial charge in [-0.05, 0) is 56.4 Å². The molecular weight excluding hydrogens is 254 g/mol. The highest BCUT2D eigenvalue weighted by atomic mass is 16.5. The summed E-state index contributed by atoms with van der Waals surface area (Å²) >= 11 is 0. The molecule has 0 aromatic heterocycles. The zero-order chi connectivity index (χ0) is 14.8. The van der Waals surface area contributed by atoms with Crippen molar-refractivity contribution in [2.75, 3.05) is 20.3 Å². The molecule has 4 nitrogen and oxygen atoms in total. The number of ether oxygens (including phenoxy) is 1. The fourth-order valence-corrected chi connectivity index (χ4v) is 2.32. The van der Waals surface area contributed by atoms with E-state index in [0.29, 0.717) is 0 Å². The number of rotatable bonds is 5. The Bertz CT molecular complexity index is 496. The van der Waals surface area contributed by atoms with E-state index in [1.54, 1.807) is 7.05 Å². The lowest BCUT2D eigenvalue weighted by Gasteiger charge is -2.33. The van der Waals surface area contributed by atoms with Gasteiger partial charge < -0.3 is 14.7 Å². The van der Waals surface area contributed by atoms with Gasteiger partial charge in [0, 0.05) is 7.05 Å². The number of likely N-dealkylation sites (N-methyl/N-ethyl adjacent to an activating group) is 1. The second-order valence-electron chi connectivity index (χ2n) is 6.00. The SMILES string of the molecule is CN(C(=O)COc1ccc2c(c1)CCC2)C(C)(C)CO. The number of aliphatic hydroxyl groups excluding tert-OH is 1. The summed E-state index contributed by atoms with van der Waals surface area (Å²) in [7, 11) is 1.69. The third-order valence-electron chi connectivity index (χ3n) is 4.10. The van der Waals surface area contributed by atoms with Crippen molar-refractivity contribution >= 4 is 5.91 Å². The number of aryl methyl sites for hydroxylation is 2. The molecule has 1 aliphatic carbocycles. The zero-order valence-corrected chi connectivity index (χ0v) is 12.5. The van der Waals surface area contributed by atoms with E-state index >= 15 is 0 Å². The van der Waals surface area contributed by atoms with Crippen LogP contribution in [0.1, 0.15) is 31.4 Å². The number of carbonyl (C=O) groups excluding carboxylic acids is 1. The first-order chi connectivity index (χ1) is 9.44. The molecule has 2 rings (SSSR count). The summed E-state index contributed by atoms with van der Waals surface area (Å²) < 4.78 is 5.58. The second kappa shape index (κ2) is 5.83. The summed E-state index contributed by atoms with van der Waals surface area (Å²) in [6, 6.07) is 6.05. The molecule has 1 aromatic rings. The van der Waals surface area contributed by atoms with Crippen LogP contribution in [0.3, 0.4) is 0 Å². The highest BCUT2D eigenvalue weighted by Gasteiger charge is 2.26. The highest BCUT2D eigenvalue weighted by Crippen LogP contribution is 2.26. The molecule has 0 aliphatic heterocycles. The van der Waals surface area contributed by atoms with Crippen LogP contribution in [0.2, 0.25) is 0 Å².